The molecular formula is C16H22N4O. The van der Waals surface area contributed by atoms with E-state index in [0.717, 1.165) is 28.8 Å². The summed E-state index contributed by atoms with van der Waals surface area (Å²) >= 11 is 0. The zero-order valence-corrected chi connectivity index (χ0v) is 13.0. The number of aryl methyl sites for hydroxylation is 4. The topological polar surface area (TPSA) is 72.9 Å². The van der Waals surface area contributed by atoms with Gasteiger partial charge in [-0.25, -0.2) is 0 Å². The van der Waals surface area contributed by atoms with Crippen molar-refractivity contribution in [2.75, 3.05) is 5.73 Å². The maximum absolute atomic E-state index is 12.3. The Morgan fingerprint density at radius 1 is 1.33 bits per heavy atom. The molecule has 1 amide bonds. The number of rotatable bonds is 4. The average molecular weight is 286 g/mol. The summed E-state index contributed by atoms with van der Waals surface area (Å²) in [5, 5.41) is 7.31. The summed E-state index contributed by atoms with van der Waals surface area (Å²) < 4.78 is 1.77. The van der Waals surface area contributed by atoms with Crippen LogP contribution in [0.4, 0.5) is 5.69 Å². The van der Waals surface area contributed by atoms with Crippen molar-refractivity contribution in [3.63, 3.8) is 0 Å². The van der Waals surface area contributed by atoms with E-state index in [2.05, 4.69) is 17.3 Å². The Balaban J connectivity index is 2.13. The molecule has 0 unspecified atom stereocenters. The number of hydrogen-bond acceptors (Lipinski definition) is 3. The number of nitrogen functional groups attached to an aromatic ring is 1. The van der Waals surface area contributed by atoms with Crippen molar-refractivity contribution in [2.45, 2.75) is 33.7 Å². The van der Waals surface area contributed by atoms with E-state index in [0.29, 0.717) is 17.8 Å². The molecule has 5 nitrogen and oxygen atoms in total. The van der Waals surface area contributed by atoms with Crippen LogP contribution in [-0.4, -0.2) is 15.7 Å². The number of benzene rings is 1. The average Bonchev–Trinajstić information content (AvgIpc) is 2.80. The first-order valence-corrected chi connectivity index (χ1v) is 7.08. The van der Waals surface area contributed by atoms with Crippen molar-refractivity contribution in [3.8, 4) is 0 Å². The van der Waals surface area contributed by atoms with Gasteiger partial charge < -0.3 is 11.1 Å². The number of anilines is 1. The maximum Gasteiger partial charge on any atom is 0.251 e. The molecule has 0 spiro atoms. The number of aromatic nitrogens is 2. The first-order valence-electron chi connectivity index (χ1n) is 7.08. The van der Waals surface area contributed by atoms with Crippen LogP contribution in [-0.2, 0) is 20.0 Å². The number of amides is 1. The molecule has 0 saturated carbocycles. The first-order chi connectivity index (χ1) is 9.92. The van der Waals surface area contributed by atoms with Crippen molar-refractivity contribution in [3.05, 3.63) is 46.3 Å². The highest BCUT2D eigenvalue weighted by atomic mass is 16.1. The lowest BCUT2D eigenvalue weighted by Gasteiger charge is -2.10. The molecule has 21 heavy (non-hydrogen) atoms. The first kappa shape index (κ1) is 15.1. The molecule has 0 aliphatic heterocycles. The summed E-state index contributed by atoms with van der Waals surface area (Å²) in [6.45, 7) is 6.39. The maximum atomic E-state index is 12.3. The normalized spacial score (nSPS) is 10.7. The zero-order valence-electron chi connectivity index (χ0n) is 13.0. The lowest BCUT2D eigenvalue weighted by molar-refractivity contribution is 0.0950. The summed E-state index contributed by atoms with van der Waals surface area (Å²) in [6.07, 6.45) is 2.79. The minimum Gasteiger partial charge on any atom is -0.398 e. The van der Waals surface area contributed by atoms with Crippen LogP contribution in [0.25, 0.3) is 0 Å². The molecule has 0 saturated heterocycles. The van der Waals surface area contributed by atoms with Crippen LogP contribution in [0.2, 0.25) is 0 Å². The monoisotopic (exact) mass is 286 g/mol. The molecule has 0 atom stereocenters. The van der Waals surface area contributed by atoms with Crippen molar-refractivity contribution in [2.24, 2.45) is 7.05 Å². The molecule has 3 N–H and O–H groups in total. The van der Waals surface area contributed by atoms with E-state index < -0.39 is 0 Å². The minimum atomic E-state index is -0.106. The lowest BCUT2D eigenvalue weighted by atomic mass is 10.0. The van der Waals surface area contributed by atoms with Gasteiger partial charge in [0, 0.05) is 36.6 Å². The second-order valence-electron chi connectivity index (χ2n) is 5.33. The molecule has 112 valence electrons. The molecule has 0 aliphatic carbocycles. The predicted octanol–water partition coefficient (Wildman–Crippen LogP) is 2.11. The Bertz CT molecular complexity index is 673. The smallest absolute Gasteiger partial charge is 0.251 e. The van der Waals surface area contributed by atoms with Gasteiger partial charge in [0.15, 0.2) is 0 Å². The molecular weight excluding hydrogens is 264 g/mol. The minimum absolute atomic E-state index is 0.106. The molecule has 1 aromatic carbocycles. The van der Waals surface area contributed by atoms with Crippen LogP contribution < -0.4 is 11.1 Å². The predicted molar refractivity (Wildman–Crippen MR) is 84.1 cm³/mol. The van der Waals surface area contributed by atoms with Gasteiger partial charge in [0.2, 0.25) is 0 Å². The van der Waals surface area contributed by atoms with E-state index in [1.54, 1.807) is 10.7 Å². The third kappa shape index (κ3) is 3.24. The Morgan fingerprint density at radius 3 is 2.71 bits per heavy atom. The van der Waals surface area contributed by atoms with Gasteiger partial charge in [-0.05, 0) is 37.5 Å². The van der Waals surface area contributed by atoms with Crippen LogP contribution in [0.15, 0.2) is 18.3 Å². The summed E-state index contributed by atoms with van der Waals surface area (Å²) in [5.41, 5.74) is 11.1. The van der Waals surface area contributed by atoms with Gasteiger partial charge in [-0.2, -0.15) is 5.10 Å². The second kappa shape index (κ2) is 5.99. The van der Waals surface area contributed by atoms with E-state index in [1.807, 2.05) is 33.2 Å². The Labute approximate surface area is 125 Å². The highest BCUT2D eigenvalue weighted by molar-refractivity contribution is 5.96. The Hall–Kier alpha value is -2.30. The molecule has 0 aliphatic rings. The fourth-order valence-electron chi connectivity index (χ4n) is 2.41. The van der Waals surface area contributed by atoms with E-state index >= 15 is 0 Å². The quantitative estimate of drug-likeness (QED) is 0.845. The Kier molecular flexibility index (Phi) is 4.31. The van der Waals surface area contributed by atoms with E-state index in [-0.39, 0.29) is 5.91 Å². The summed E-state index contributed by atoms with van der Waals surface area (Å²) in [7, 11) is 1.88. The van der Waals surface area contributed by atoms with Crippen LogP contribution in [0.3, 0.4) is 0 Å². The van der Waals surface area contributed by atoms with Crippen molar-refractivity contribution < 1.29 is 4.79 Å². The molecule has 2 aromatic rings. The summed E-state index contributed by atoms with van der Waals surface area (Å²) in [4.78, 5) is 12.3. The van der Waals surface area contributed by atoms with Gasteiger partial charge >= 0.3 is 0 Å². The van der Waals surface area contributed by atoms with Gasteiger partial charge in [-0.15, -0.1) is 0 Å². The zero-order chi connectivity index (χ0) is 15.6. The summed E-state index contributed by atoms with van der Waals surface area (Å²) in [6, 6.07) is 3.68. The van der Waals surface area contributed by atoms with Gasteiger partial charge in [-0.3, -0.25) is 9.48 Å². The standard InChI is InChI=1S/C16H22N4O/c1-5-15-12(9-20(4)19-15)8-18-16(21)13-7-14(17)11(3)6-10(13)2/h6-7,9H,5,8,17H2,1-4H3,(H,18,21). The van der Waals surface area contributed by atoms with Crippen LogP contribution in [0.1, 0.15) is 39.7 Å². The van der Waals surface area contributed by atoms with Gasteiger partial charge in [0.25, 0.3) is 5.91 Å². The lowest BCUT2D eigenvalue weighted by Crippen LogP contribution is -2.24. The van der Waals surface area contributed by atoms with Gasteiger partial charge in [-0.1, -0.05) is 13.0 Å². The molecule has 0 bridgehead atoms. The molecule has 2 rings (SSSR count). The van der Waals surface area contributed by atoms with Gasteiger partial charge in [0.1, 0.15) is 0 Å². The molecule has 0 fully saturated rings. The number of hydrogen-bond donors (Lipinski definition) is 2. The highest BCUT2D eigenvalue weighted by Gasteiger charge is 2.12. The van der Waals surface area contributed by atoms with Crippen LogP contribution >= 0.6 is 0 Å². The van der Waals surface area contributed by atoms with Crippen molar-refractivity contribution >= 4 is 11.6 Å². The third-order valence-corrected chi connectivity index (χ3v) is 3.62. The fraction of sp³-hybridized carbons (Fsp3) is 0.375. The van der Waals surface area contributed by atoms with Crippen molar-refractivity contribution in [1.82, 2.24) is 15.1 Å². The number of nitrogens with two attached hydrogens (primary N) is 1. The summed E-state index contributed by atoms with van der Waals surface area (Å²) in [5.74, 6) is -0.106. The largest absolute Gasteiger partial charge is 0.398 e. The molecule has 0 radical (unpaired) electrons. The third-order valence-electron chi connectivity index (χ3n) is 3.62. The van der Waals surface area contributed by atoms with E-state index in [4.69, 9.17) is 5.73 Å². The fourth-order valence-corrected chi connectivity index (χ4v) is 2.41. The highest BCUT2D eigenvalue weighted by Crippen LogP contribution is 2.18. The van der Waals surface area contributed by atoms with E-state index in [1.165, 1.54) is 0 Å². The second-order valence-corrected chi connectivity index (χ2v) is 5.33. The number of nitrogens with zero attached hydrogens (tertiary/aromatic N) is 2. The molecule has 5 heteroatoms. The Morgan fingerprint density at radius 2 is 2.05 bits per heavy atom. The van der Waals surface area contributed by atoms with Gasteiger partial charge in [0.05, 0.1) is 5.69 Å². The van der Waals surface area contributed by atoms with Crippen molar-refractivity contribution in [1.29, 1.82) is 0 Å². The molecule has 1 heterocycles. The van der Waals surface area contributed by atoms with Crippen LogP contribution in [0.5, 0.6) is 0 Å². The number of nitrogens with one attached hydrogen (secondary N) is 1. The van der Waals surface area contributed by atoms with Crippen LogP contribution in [0, 0.1) is 13.8 Å². The van der Waals surface area contributed by atoms with E-state index in [9.17, 15) is 4.79 Å². The molecule has 1 aromatic heterocycles. The number of carbonyl (C=O) groups excluding carboxylic acids is 1. The number of carbonyl (C=O) groups is 1. The SMILES string of the molecule is CCc1nn(C)cc1CNC(=O)c1cc(N)c(C)cc1C.